The maximum absolute atomic E-state index is 13.2. The fraction of sp³-hybridized carbons (Fsp3) is 0.409. The Bertz CT molecular complexity index is 783. The van der Waals surface area contributed by atoms with E-state index in [4.69, 9.17) is 11.6 Å². The summed E-state index contributed by atoms with van der Waals surface area (Å²) in [6, 6.07) is 18.1. The molecule has 2 aromatic carbocycles. The summed E-state index contributed by atoms with van der Waals surface area (Å²) in [4.78, 5) is 17.6. The van der Waals surface area contributed by atoms with E-state index in [9.17, 15) is 4.79 Å². The van der Waals surface area contributed by atoms with Gasteiger partial charge in [0, 0.05) is 43.4 Å². The minimum Gasteiger partial charge on any atom is -0.371 e. The van der Waals surface area contributed by atoms with Crippen LogP contribution >= 0.6 is 11.6 Å². The summed E-state index contributed by atoms with van der Waals surface area (Å²) in [5, 5.41) is 4.41. The second-order valence-corrected chi connectivity index (χ2v) is 7.99. The number of halogens is 1. The number of nitrogens with zero attached hydrogens (tertiary/aromatic N) is 2. The molecule has 1 N–H and O–H groups in total. The molecule has 27 heavy (non-hydrogen) atoms. The third-order valence-electron chi connectivity index (χ3n) is 5.77. The number of hydrogen-bond donors (Lipinski definition) is 1. The molecular formula is C22H26ClN3O. The van der Waals surface area contributed by atoms with Crippen LogP contribution in [0.1, 0.15) is 24.8 Å². The van der Waals surface area contributed by atoms with Gasteiger partial charge in [0.1, 0.15) is 5.54 Å². The standard InChI is InChI=1S/C22H26ClN3O/c23-20-10-5-4-7-18(20)17-25-15-11-22(12-16-25,21(27)26-13-6-14-26)24-19-8-2-1-3-9-19/h1-5,7-10,24H,6,11-17H2. The summed E-state index contributed by atoms with van der Waals surface area (Å²) in [6.07, 6.45) is 2.73. The fourth-order valence-electron chi connectivity index (χ4n) is 3.97. The minimum absolute atomic E-state index is 0.259. The molecule has 0 unspecified atom stereocenters. The molecule has 2 aliphatic heterocycles. The Morgan fingerprint density at radius 3 is 2.26 bits per heavy atom. The van der Waals surface area contributed by atoms with Crippen LogP contribution in [-0.4, -0.2) is 47.4 Å². The number of anilines is 1. The average molecular weight is 384 g/mol. The lowest BCUT2D eigenvalue weighted by atomic mass is 9.84. The largest absolute Gasteiger partial charge is 0.371 e. The van der Waals surface area contributed by atoms with Gasteiger partial charge in [-0.3, -0.25) is 9.69 Å². The van der Waals surface area contributed by atoms with Crippen molar-refractivity contribution in [3.05, 3.63) is 65.2 Å². The number of amides is 1. The van der Waals surface area contributed by atoms with Crippen LogP contribution in [0.5, 0.6) is 0 Å². The van der Waals surface area contributed by atoms with Crippen molar-refractivity contribution in [1.29, 1.82) is 0 Å². The van der Waals surface area contributed by atoms with Crippen LogP contribution in [-0.2, 0) is 11.3 Å². The molecule has 0 radical (unpaired) electrons. The molecule has 0 bridgehead atoms. The summed E-state index contributed by atoms with van der Waals surface area (Å²) in [7, 11) is 0. The Hall–Kier alpha value is -2.04. The number of hydrogen-bond acceptors (Lipinski definition) is 3. The monoisotopic (exact) mass is 383 g/mol. The number of rotatable bonds is 5. The van der Waals surface area contributed by atoms with Crippen LogP contribution in [0.3, 0.4) is 0 Å². The smallest absolute Gasteiger partial charge is 0.248 e. The lowest BCUT2D eigenvalue weighted by Crippen LogP contribution is -2.61. The first-order chi connectivity index (χ1) is 13.2. The SMILES string of the molecule is O=C(N1CCC1)C1(Nc2ccccc2)CCN(Cc2ccccc2Cl)CC1. The van der Waals surface area contributed by atoms with Gasteiger partial charge < -0.3 is 10.2 Å². The van der Waals surface area contributed by atoms with Crippen LogP contribution in [0.25, 0.3) is 0 Å². The first-order valence-corrected chi connectivity index (χ1v) is 10.1. The molecule has 5 heteroatoms. The highest BCUT2D eigenvalue weighted by Gasteiger charge is 2.44. The van der Waals surface area contributed by atoms with Gasteiger partial charge in [0.25, 0.3) is 0 Å². The maximum Gasteiger partial charge on any atom is 0.248 e. The first-order valence-electron chi connectivity index (χ1n) is 9.75. The van der Waals surface area contributed by atoms with E-state index >= 15 is 0 Å². The van der Waals surface area contributed by atoms with Crippen LogP contribution in [0, 0.1) is 0 Å². The van der Waals surface area contributed by atoms with Crippen LogP contribution in [0.2, 0.25) is 5.02 Å². The minimum atomic E-state index is -0.501. The quantitative estimate of drug-likeness (QED) is 0.847. The maximum atomic E-state index is 13.2. The number of carbonyl (C=O) groups excluding carboxylic acids is 1. The van der Waals surface area contributed by atoms with E-state index in [-0.39, 0.29) is 5.91 Å². The van der Waals surface area contributed by atoms with E-state index in [0.717, 1.165) is 68.3 Å². The van der Waals surface area contributed by atoms with E-state index in [2.05, 4.69) is 16.3 Å². The van der Waals surface area contributed by atoms with E-state index in [1.165, 1.54) is 0 Å². The van der Waals surface area contributed by atoms with Gasteiger partial charge in [-0.1, -0.05) is 48.0 Å². The van der Waals surface area contributed by atoms with Gasteiger partial charge in [-0.05, 0) is 43.0 Å². The number of piperidine rings is 1. The second-order valence-electron chi connectivity index (χ2n) is 7.59. The summed E-state index contributed by atoms with van der Waals surface area (Å²) >= 11 is 6.33. The van der Waals surface area contributed by atoms with Crippen LogP contribution in [0.4, 0.5) is 5.69 Å². The Morgan fingerprint density at radius 2 is 1.63 bits per heavy atom. The number of para-hydroxylation sites is 1. The molecule has 2 saturated heterocycles. The molecular weight excluding hydrogens is 358 g/mol. The summed E-state index contributed by atoms with van der Waals surface area (Å²) < 4.78 is 0. The Morgan fingerprint density at radius 1 is 0.963 bits per heavy atom. The van der Waals surface area contributed by atoms with Crippen molar-refractivity contribution in [3.8, 4) is 0 Å². The highest BCUT2D eigenvalue weighted by molar-refractivity contribution is 6.31. The van der Waals surface area contributed by atoms with Crippen molar-refractivity contribution >= 4 is 23.2 Å². The topological polar surface area (TPSA) is 35.6 Å². The molecule has 4 nitrogen and oxygen atoms in total. The van der Waals surface area contributed by atoms with Crippen LogP contribution < -0.4 is 5.32 Å². The molecule has 0 saturated carbocycles. The zero-order valence-corrected chi connectivity index (χ0v) is 16.3. The molecule has 4 rings (SSSR count). The van der Waals surface area contributed by atoms with Crippen molar-refractivity contribution in [2.45, 2.75) is 31.3 Å². The number of likely N-dealkylation sites (tertiary alicyclic amines) is 2. The molecule has 142 valence electrons. The number of benzene rings is 2. The fourth-order valence-corrected chi connectivity index (χ4v) is 4.17. The van der Waals surface area contributed by atoms with Gasteiger partial charge >= 0.3 is 0 Å². The third-order valence-corrected chi connectivity index (χ3v) is 6.14. The van der Waals surface area contributed by atoms with Gasteiger partial charge in [0.05, 0.1) is 0 Å². The Labute approximate surface area is 166 Å². The third kappa shape index (κ3) is 3.97. The highest BCUT2D eigenvalue weighted by Crippen LogP contribution is 2.32. The predicted molar refractivity (Wildman–Crippen MR) is 110 cm³/mol. The van der Waals surface area contributed by atoms with E-state index < -0.39 is 5.54 Å². The summed E-state index contributed by atoms with van der Waals surface area (Å²) in [6.45, 7) is 4.37. The molecule has 1 amide bonds. The molecule has 0 atom stereocenters. The summed E-state index contributed by atoms with van der Waals surface area (Å²) in [5.74, 6) is 0.259. The highest BCUT2D eigenvalue weighted by atomic mass is 35.5. The van der Waals surface area contributed by atoms with E-state index in [1.807, 2.05) is 53.4 Å². The molecule has 0 spiro atoms. The van der Waals surface area contributed by atoms with Gasteiger partial charge in [-0.25, -0.2) is 0 Å². The molecule has 2 aliphatic rings. The van der Waals surface area contributed by atoms with Crippen molar-refractivity contribution in [1.82, 2.24) is 9.80 Å². The predicted octanol–water partition coefficient (Wildman–Crippen LogP) is 4.02. The Balaban J connectivity index is 1.48. The van der Waals surface area contributed by atoms with Gasteiger partial charge in [-0.15, -0.1) is 0 Å². The average Bonchev–Trinajstić information content (AvgIpc) is 2.65. The first kappa shape index (κ1) is 18.3. The summed E-state index contributed by atoms with van der Waals surface area (Å²) in [5.41, 5.74) is 1.67. The van der Waals surface area contributed by atoms with E-state index in [0.29, 0.717) is 0 Å². The zero-order valence-electron chi connectivity index (χ0n) is 15.5. The molecule has 2 heterocycles. The molecule has 0 aromatic heterocycles. The van der Waals surface area contributed by atoms with Gasteiger partial charge in [-0.2, -0.15) is 0 Å². The van der Waals surface area contributed by atoms with Crippen LogP contribution in [0.15, 0.2) is 54.6 Å². The molecule has 2 fully saturated rings. The number of nitrogens with one attached hydrogen (secondary N) is 1. The van der Waals surface area contributed by atoms with Crippen molar-refractivity contribution in [2.75, 3.05) is 31.5 Å². The zero-order chi connectivity index (χ0) is 18.7. The van der Waals surface area contributed by atoms with E-state index in [1.54, 1.807) is 0 Å². The second kappa shape index (κ2) is 7.91. The van der Waals surface area contributed by atoms with Gasteiger partial charge in [0.15, 0.2) is 0 Å². The van der Waals surface area contributed by atoms with Gasteiger partial charge in [0.2, 0.25) is 5.91 Å². The lowest BCUT2D eigenvalue weighted by Gasteiger charge is -2.46. The van der Waals surface area contributed by atoms with Crippen molar-refractivity contribution < 1.29 is 4.79 Å². The lowest BCUT2D eigenvalue weighted by molar-refractivity contribution is -0.141. The molecule has 2 aromatic rings. The molecule has 0 aliphatic carbocycles. The Kier molecular flexibility index (Phi) is 5.37. The normalized spacial score (nSPS) is 19.4. The van der Waals surface area contributed by atoms with Crippen molar-refractivity contribution in [3.63, 3.8) is 0 Å². The van der Waals surface area contributed by atoms with Crippen molar-refractivity contribution in [2.24, 2.45) is 0 Å². The number of carbonyl (C=O) groups is 1.